The Morgan fingerprint density at radius 3 is 2.75 bits per heavy atom. The van der Waals surface area contributed by atoms with E-state index in [0.717, 1.165) is 5.39 Å². The van der Waals surface area contributed by atoms with Gasteiger partial charge in [-0.3, -0.25) is 0 Å². The van der Waals surface area contributed by atoms with Crippen molar-refractivity contribution in [3.63, 3.8) is 0 Å². The zero-order valence-corrected chi connectivity index (χ0v) is 9.22. The number of carbonyl (C=O) groups excluding carboxylic acids is 1. The van der Waals surface area contributed by atoms with Crippen molar-refractivity contribution in [3.05, 3.63) is 42.7 Å². The van der Waals surface area contributed by atoms with Crippen molar-refractivity contribution < 1.29 is 14.1 Å². The van der Waals surface area contributed by atoms with Gasteiger partial charge in [-0.05, 0) is 18.4 Å². The number of ether oxygens (including phenoxy) is 1. The number of carbonyl (C=O) groups is 1. The Balaban J connectivity index is 2.22. The predicted molar refractivity (Wildman–Crippen MR) is 60.8 cm³/mol. The van der Waals surface area contributed by atoms with Gasteiger partial charge in [0.15, 0.2) is 12.4 Å². The lowest BCUT2D eigenvalue weighted by Gasteiger charge is -1.99. The van der Waals surface area contributed by atoms with E-state index in [1.54, 1.807) is 0 Å². The summed E-state index contributed by atoms with van der Waals surface area (Å²) in [6, 6.07) is 10.0. The second-order valence-electron chi connectivity index (χ2n) is 3.55. The van der Waals surface area contributed by atoms with Crippen LogP contribution in [0.2, 0.25) is 0 Å². The van der Waals surface area contributed by atoms with Crippen LogP contribution in [0.15, 0.2) is 42.7 Å². The van der Waals surface area contributed by atoms with Crippen molar-refractivity contribution in [3.8, 4) is 0 Å². The minimum absolute atomic E-state index is 0.206. The molecule has 2 rings (SSSR count). The quantitative estimate of drug-likeness (QED) is 0.577. The van der Waals surface area contributed by atoms with Crippen molar-refractivity contribution in [1.82, 2.24) is 0 Å². The van der Waals surface area contributed by atoms with E-state index in [0.29, 0.717) is 6.61 Å². The normalized spacial score (nSPS) is 10.3. The standard InChI is InChI=1S/C13H14NO2/c1-2-16-13(15)10-14-8-7-11-5-3-4-6-12(11)9-14/h3-9H,2,10H2,1H3/q+1. The molecule has 0 aliphatic rings. The molecule has 0 radical (unpaired) electrons. The molecule has 1 aromatic heterocycles. The van der Waals surface area contributed by atoms with Crippen molar-refractivity contribution in [2.24, 2.45) is 0 Å². The first-order chi connectivity index (χ1) is 7.79. The second kappa shape index (κ2) is 4.75. The van der Waals surface area contributed by atoms with E-state index in [4.69, 9.17) is 4.74 Å². The topological polar surface area (TPSA) is 30.2 Å². The zero-order chi connectivity index (χ0) is 11.4. The summed E-state index contributed by atoms with van der Waals surface area (Å²) in [5.41, 5.74) is 0. The third kappa shape index (κ3) is 2.37. The molecule has 2 aromatic rings. The highest BCUT2D eigenvalue weighted by Gasteiger charge is 2.10. The fourth-order valence-electron chi connectivity index (χ4n) is 1.63. The Kier molecular flexibility index (Phi) is 3.15. The Labute approximate surface area is 94.3 Å². The van der Waals surface area contributed by atoms with E-state index >= 15 is 0 Å². The molecule has 0 amide bonds. The van der Waals surface area contributed by atoms with Crippen LogP contribution in [0.4, 0.5) is 0 Å². The third-order valence-corrected chi connectivity index (χ3v) is 2.36. The molecule has 16 heavy (non-hydrogen) atoms. The van der Waals surface area contributed by atoms with Crippen molar-refractivity contribution in [2.75, 3.05) is 6.61 Å². The van der Waals surface area contributed by atoms with Gasteiger partial charge in [0, 0.05) is 11.5 Å². The molecule has 0 atom stereocenters. The SMILES string of the molecule is CCOC(=O)C[n+]1ccc2ccccc2c1. The van der Waals surface area contributed by atoms with Crippen LogP contribution < -0.4 is 4.57 Å². The molecule has 82 valence electrons. The Morgan fingerprint density at radius 2 is 2.00 bits per heavy atom. The third-order valence-electron chi connectivity index (χ3n) is 2.36. The first kappa shape index (κ1) is 10.6. The van der Waals surface area contributed by atoms with Crippen LogP contribution in [0, 0.1) is 0 Å². The summed E-state index contributed by atoms with van der Waals surface area (Å²) in [4.78, 5) is 11.3. The maximum atomic E-state index is 11.3. The van der Waals surface area contributed by atoms with Gasteiger partial charge in [0.25, 0.3) is 0 Å². The van der Waals surface area contributed by atoms with Crippen LogP contribution in [0.3, 0.4) is 0 Å². The summed E-state index contributed by atoms with van der Waals surface area (Å²) >= 11 is 0. The largest absolute Gasteiger partial charge is 0.461 e. The minimum atomic E-state index is -0.206. The number of pyridine rings is 1. The minimum Gasteiger partial charge on any atom is -0.461 e. The Morgan fingerprint density at radius 1 is 1.25 bits per heavy atom. The highest BCUT2D eigenvalue weighted by Crippen LogP contribution is 2.09. The van der Waals surface area contributed by atoms with Gasteiger partial charge in [0.2, 0.25) is 6.54 Å². The molecule has 0 spiro atoms. The number of nitrogens with zero attached hydrogens (tertiary/aromatic N) is 1. The van der Waals surface area contributed by atoms with Crippen LogP contribution in [-0.2, 0) is 16.1 Å². The summed E-state index contributed by atoms with van der Waals surface area (Å²) in [6.07, 6.45) is 3.84. The monoisotopic (exact) mass is 216 g/mol. The van der Waals surface area contributed by atoms with E-state index in [9.17, 15) is 4.79 Å². The summed E-state index contributed by atoms with van der Waals surface area (Å²) in [6.45, 7) is 2.49. The highest BCUT2D eigenvalue weighted by molar-refractivity contribution is 5.80. The number of aromatic nitrogens is 1. The average Bonchev–Trinajstić information content (AvgIpc) is 2.29. The van der Waals surface area contributed by atoms with Gasteiger partial charge < -0.3 is 4.74 Å². The molecule has 0 aliphatic carbocycles. The van der Waals surface area contributed by atoms with Crippen LogP contribution in [0.1, 0.15) is 6.92 Å². The molecule has 0 fully saturated rings. The smallest absolute Gasteiger partial charge is 0.372 e. The number of hydrogen-bond acceptors (Lipinski definition) is 2. The maximum absolute atomic E-state index is 11.3. The maximum Gasteiger partial charge on any atom is 0.372 e. The Hall–Kier alpha value is -1.90. The summed E-state index contributed by atoms with van der Waals surface area (Å²) < 4.78 is 6.73. The highest BCUT2D eigenvalue weighted by atomic mass is 16.5. The van der Waals surface area contributed by atoms with Crippen LogP contribution in [0.5, 0.6) is 0 Å². The summed E-state index contributed by atoms with van der Waals surface area (Å²) in [5.74, 6) is -0.206. The predicted octanol–water partition coefficient (Wildman–Crippen LogP) is 1.69. The van der Waals surface area contributed by atoms with Gasteiger partial charge >= 0.3 is 5.97 Å². The van der Waals surface area contributed by atoms with Gasteiger partial charge in [-0.15, -0.1) is 0 Å². The van der Waals surface area contributed by atoms with E-state index in [1.165, 1.54) is 5.39 Å². The molecule has 3 heteroatoms. The van der Waals surface area contributed by atoms with Crippen molar-refractivity contribution in [1.29, 1.82) is 0 Å². The summed E-state index contributed by atoms with van der Waals surface area (Å²) in [7, 11) is 0. The van der Waals surface area contributed by atoms with E-state index in [-0.39, 0.29) is 12.5 Å². The van der Waals surface area contributed by atoms with Crippen molar-refractivity contribution >= 4 is 16.7 Å². The number of esters is 1. The van der Waals surface area contributed by atoms with Gasteiger partial charge in [-0.2, -0.15) is 4.57 Å². The second-order valence-corrected chi connectivity index (χ2v) is 3.55. The average molecular weight is 216 g/mol. The van der Waals surface area contributed by atoms with Crippen LogP contribution >= 0.6 is 0 Å². The van der Waals surface area contributed by atoms with Gasteiger partial charge in [-0.1, -0.05) is 18.2 Å². The lowest BCUT2D eigenvalue weighted by Crippen LogP contribution is -2.37. The number of rotatable bonds is 3. The first-order valence-corrected chi connectivity index (χ1v) is 5.33. The lowest BCUT2D eigenvalue weighted by molar-refractivity contribution is -0.684. The fraction of sp³-hybridized carbons (Fsp3) is 0.231. The molecule has 0 bridgehead atoms. The molecular weight excluding hydrogens is 202 g/mol. The van der Waals surface area contributed by atoms with E-state index < -0.39 is 0 Å². The summed E-state index contributed by atoms with van der Waals surface area (Å²) in [5, 5.41) is 2.29. The molecule has 1 heterocycles. The molecule has 0 saturated heterocycles. The zero-order valence-electron chi connectivity index (χ0n) is 9.22. The van der Waals surface area contributed by atoms with Crippen LogP contribution in [0.25, 0.3) is 10.8 Å². The number of fused-ring (bicyclic) bond motifs is 1. The Bertz CT molecular complexity index is 508. The fourth-order valence-corrected chi connectivity index (χ4v) is 1.63. The van der Waals surface area contributed by atoms with Crippen molar-refractivity contribution in [2.45, 2.75) is 13.5 Å². The molecule has 0 aliphatic heterocycles. The lowest BCUT2D eigenvalue weighted by atomic mass is 10.2. The van der Waals surface area contributed by atoms with Crippen LogP contribution in [-0.4, -0.2) is 12.6 Å². The van der Waals surface area contributed by atoms with E-state index in [1.807, 2.05) is 54.2 Å². The molecule has 1 aromatic carbocycles. The molecule has 0 saturated carbocycles. The molecular formula is C13H14NO2+. The van der Waals surface area contributed by atoms with Gasteiger partial charge in [-0.25, -0.2) is 4.79 Å². The molecule has 3 nitrogen and oxygen atoms in total. The number of benzene rings is 1. The molecule has 0 N–H and O–H groups in total. The molecule has 0 unspecified atom stereocenters. The van der Waals surface area contributed by atoms with Gasteiger partial charge in [0.1, 0.15) is 0 Å². The number of hydrogen-bond donors (Lipinski definition) is 0. The first-order valence-electron chi connectivity index (χ1n) is 5.33. The van der Waals surface area contributed by atoms with E-state index in [2.05, 4.69) is 0 Å². The van der Waals surface area contributed by atoms with Gasteiger partial charge in [0.05, 0.1) is 6.61 Å².